The van der Waals surface area contributed by atoms with Crippen molar-refractivity contribution in [1.82, 2.24) is 4.90 Å². The third-order valence-electron chi connectivity index (χ3n) is 4.17. The Kier molecular flexibility index (Phi) is 4.44. The first-order chi connectivity index (χ1) is 11.1. The standard InChI is InChI=1S/C19H20FNO2/c1-13-2-4-14(5-3-13)15-6-9-17(18(20)12-15)19(23)21(10-11-22)16-7-8-16/h2-6,9,12,16,22H,7-8,10-11H2,1H3. The van der Waals surface area contributed by atoms with Crippen LogP contribution < -0.4 is 0 Å². The lowest BCUT2D eigenvalue weighted by Crippen LogP contribution is -2.36. The first-order valence-electron chi connectivity index (χ1n) is 7.88. The van der Waals surface area contributed by atoms with Crippen molar-refractivity contribution >= 4 is 5.91 Å². The molecule has 3 rings (SSSR count). The van der Waals surface area contributed by atoms with Crippen LogP contribution in [0.15, 0.2) is 42.5 Å². The van der Waals surface area contributed by atoms with Gasteiger partial charge < -0.3 is 10.0 Å². The number of carbonyl (C=O) groups is 1. The van der Waals surface area contributed by atoms with Crippen LogP contribution in [0.5, 0.6) is 0 Å². The molecule has 1 N–H and O–H groups in total. The fourth-order valence-corrected chi connectivity index (χ4v) is 2.71. The number of aliphatic hydroxyl groups is 1. The van der Waals surface area contributed by atoms with Gasteiger partial charge in [0.05, 0.1) is 12.2 Å². The molecule has 0 heterocycles. The SMILES string of the molecule is Cc1ccc(-c2ccc(C(=O)N(CCO)C3CC3)c(F)c2)cc1. The van der Waals surface area contributed by atoms with Gasteiger partial charge in [-0.3, -0.25) is 4.79 Å². The molecule has 0 spiro atoms. The van der Waals surface area contributed by atoms with E-state index in [1.165, 1.54) is 6.07 Å². The number of nitrogens with zero attached hydrogens (tertiary/aromatic N) is 1. The Hall–Kier alpha value is -2.20. The molecule has 2 aromatic carbocycles. The molecule has 3 nitrogen and oxygen atoms in total. The van der Waals surface area contributed by atoms with Crippen LogP contribution in [0.3, 0.4) is 0 Å². The Morgan fingerprint density at radius 2 is 1.83 bits per heavy atom. The zero-order valence-electron chi connectivity index (χ0n) is 13.1. The van der Waals surface area contributed by atoms with Crippen molar-refractivity contribution < 1.29 is 14.3 Å². The van der Waals surface area contributed by atoms with Gasteiger partial charge >= 0.3 is 0 Å². The number of aryl methyl sites for hydroxylation is 1. The largest absolute Gasteiger partial charge is 0.395 e. The maximum atomic E-state index is 14.4. The van der Waals surface area contributed by atoms with Gasteiger partial charge in [-0.1, -0.05) is 35.9 Å². The van der Waals surface area contributed by atoms with Crippen LogP contribution in [0.1, 0.15) is 28.8 Å². The van der Waals surface area contributed by atoms with Crippen molar-refractivity contribution in [2.45, 2.75) is 25.8 Å². The molecule has 0 unspecified atom stereocenters. The van der Waals surface area contributed by atoms with E-state index in [-0.39, 0.29) is 30.7 Å². The summed E-state index contributed by atoms with van der Waals surface area (Å²) in [5.74, 6) is -0.855. The van der Waals surface area contributed by atoms with Gasteiger partial charge in [-0.05, 0) is 43.0 Å². The molecule has 1 amide bonds. The number of hydrogen-bond donors (Lipinski definition) is 1. The molecule has 1 aliphatic carbocycles. The number of carbonyl (C=O) groups excluding carboxylic acids is 1. The number of aliphatic hydroxyl groups excluding tert-OH is 1. The fourth-order valence-electron chi connectivity index (χ4n) is 2.71. The number of halogens is 1. The van der Waals surface area contributed by atoms with E-state index in [0.29, 0.717) is 0 Å². The lowest BCUT2D eigenvalue weighted by atomic mass is 10.0. The minimum atomic E-state index is -0.517. The molecule has 0 atom stereocenters. The molecule has 4 heteroatoms. The van der Waals surface area contributed by atoms with Crippen molar-refractivity contribution in [3.63, 3.8) is 0 Å². The highest BCUT2D eigenvalue weighted by molar-refractivity contribution is 5.95. The van der Waals surface area contributed by atoms with E-state index >= 15 is 0 Å². The second kappa shape index (κ2) is 6.50. The molecule has 1 aliphatic rings. The molecule has 0 saturated heterocycles. The lowest BCUT2D eigenvalue weighted by Gasteiger charge is -2.21. The molecular formula is C19H20FNO2. The van der Waals surface area contributed by atoms with Crippen LogP contribution in [-0.2, 0) is 0 Å². The summed E-state index contributed by atoms with van der Waals surface area (Å²) in [6.07, 6.45) is 1.85. The number of amides is 1. The lowest BCUT2D eigenvalue weighted by molar-refractivity contribution is 0.0703. The van der Waals surface area contributed by atoms with E-state index in [4.69, 9.17) is 5.11 Å². The van der Waals surface area contributed by atoms with Gasteiger partial charge in [0, 0.05) is 12.6 Å². The zero-order chi connectivity index (χ0) is 16.4. The van der Waals surface area contributed by atoms with Crippen LogP contribution in [0.25, 0.3) is 11.1 Å². The summed E-state index contributed by atoms with van der Waals surface area (Å²) < 4.78 is 14.4. The minimum Gasteiger partial charge on any atom is -0.395 e. The summed E-state index contributed by atoms with van der Waals surface area (Å²) in [6, 6.07) is 12.7. The van der Waals surface area contributed by atoms with Gasteiger partial charge in [0.1, 0.15) is 5.82 Å². The molecular weight excluding hydrogens is 293 g/mol. The van der Waals surface area contributed by atoms with Crippen molar-refractivity contribution in [3.8, 4) is 11.1 Å². The molecule has 2 aromatic rings. The van der Waals surface area contributed by atoms with Gasteiger partial charge in [0.25, 0.3) is 5.91 Å². The van der Waals surface area contributed by atoms with Crippen LogP contribution in [0.4, 0.5) is 4.39 Å². The molecule has 0 aromatic heterocycles. The summed E-state index contributed by atoms with van der Waals surface area (Å²) in [6.45, 7) is 2.15. The second-order valence-electron chi connectivity index (χ2n) is 6.01. The van der Waals surface area contributed by atoms with Crippen LogP contribution in [0.2, 0.25) is 0 Å². The molecule has 0 aliphatic heterocycles. The monoisotopic (exact) mass is 313 g/mol. The van der Waals surface area contributed by atoms with Crippen molar-refractivity contribution in [2.75, 3.05) is 13.2 Å². The summed E-state index contributed by atoms with van der Waals surface area (Å²) >= 11 is 0. The number of hydrogen-bond acceptors (Lipinski definition) is 2. The summed E-state index contributed by atoms with van der Waals surface area (Å²) in [4.78, 5) is 14.1. The Balaban J connectivity index is 1.86. The molecule has 0 radical (unpaired) electrons. The molecule has 23 heavy (non-hydrogen) atoms. The highest BCUT2D eigenvalue weighted by Gasteiger charge is 2.33. The predicted molar refractivity (Wildman–Crippen MR) is 87.7 cm³/mol. The topological polar surface area (TPSA) is 40.5 Å². The van der Waals surface area contributed by atoms with Crippen LogP contribution >= 0.6 is 0 Å². The molecule has 0 bridgehead atoms. The van der Waals surface area contributed by atoms with Gasteiger partial charge in [0.15, 0.2) is 0 Å². The maximum absolute atomic E-state index is 14.4. The highest BCUT2D eigenvalue weighted by atomic mass is 19.1. The predicted octanol–water partition coefficient (Wildman–Crippen LogP) is 3.40. The molecule has 1 fully saturated rings. The Bertz CT molecular complexity index is 708. The van der Waals surface area contributed by atoms with Gasteiger partial charge in [-0.25, -0.2) is 4.39 Å². The Morgan fingerprint density at radius 1 is 1.17 bits per heavy atom. The molecule has 120 valence electrons. The maximum Gasteiger partial charge on any atom is 0.257 e. The normalized spacial score (nSPS) is 13.9. The number of benzene rings is 2. The summed E-state index contributed by atoms with van der Waals surface area (Å²) in [5, 5.41) is 9.11. The third-order valence-corrected chi connectivity index (χ3v) is 4.17. The highest BCUT2D eigenvalue weighted by Crippen LogP contribution is 2.29. The Labute approximate surface area is 135 Å². The molecule has 1 saturated carbocycles. The number of rotatable bonds is 5. The first-order valence-corrected chi connectivity index (χ1v) is 7.88. The summed E-state index contributed by atoms with van der Waals surface area (Å²) in [5.41, 5.74) is 2.88. The second-order valence-corrected chi connectivity index (χ2v) is 6.01. The van der Waals surface area contributed by atoms with E-state index in [1.807, 2.05) is 31.2 Å². The van der Waals surface area contributed by atoms with Gasteiger partial charge in [-0.2, -0.15) is 0 Å². The van der Waals surface area contributed by atoms with E-state index in [1.54, 1.807) is 17.0 Å². The quantitative estimate of drug-likeness (QED) is 0.919. The van der Waals surface area contributed by atoms with Gasteiger partial charge in [0.2, 0.25) is 0 Å². The van der Waals surface area contributed by atoms with E-state index < -0.39 is 5.82 Å². The van der Waals surface area contributed by atoms with E-state index in [9.17, 15) is 9.18 Å². The van der Waals surface area contributed by atoms with Crippen molar-refractivity contribution in [1.29, 1.82) is 0 Å². The third kappa shape index (κ3) is 3.42. The van der Waals surface area contributed by atoms with Crippen LogP contribution in [0, 0.1) is 12.7 Å². The van der Waals surface area contributed by atoms with E-state index in [0.717, 1.165) is 29.5 Å². The van der Waals surface area contributed by atoms with E-state index in [2.05, 4.69) is 0 Å². The smallest absolute Gasteiger partial charge is 0.257 e. The Morgan fingerprint density at radius 3 is 2.39 bits per heavy atom. The first kappa shape index (κ1) is 15.7. The minimum absolute atomic E-state index is 0.0706. The van der Waals surface area contributed by atoms with Gasteiger partial charge in [-0.15, -0.1) is 0 Å². The average Bonchev–Trinajstić information content (AvgIpc) is 3.37. The summed E-state index contributed by atoms with van der Waals surface area (Å²) in [7, 11) is 0. The zero-order valence-corrected chi connectivity index (χ0v) is 13.1. The average molecular weight is 313 g/mol. The van der Waals surface area contributed by atoms with Crippen LogP contribution in [-0.4, -0.2) is 35.1 Å². The van der Waals surface area contributed by atoms with Crippen molar-refractivity contribution in [3.05, 3.63) is 59.4 Å². The fraction of sp³-hybridized carbons (Fsp3) is 0.316. The van der Waals surface area contributed by atoms with Crippen molar-refractivity contribution in [2.24, 2.45) is 0 Å².